The highest BCUT2D eigenvalue weighted by Gasteiger charge is 2.26. The lowest BCUT2D eigenvalue weighted by Crippen LogP contribution is -2.24. The first-order valence-corrected chi connectivity index (χ1v) is 5.71. The summed E-state index contributed by atoms with van der Waals surface area (Å²) in [5.41, 5.74) is 2.48. The molecule has 1 fully saturated rings. The molecule has 4 nitrogen and oxygen atoms in total. The molecule has 2 aliphatic rings. The summed E-state index contributed by atoms with van der Waals surface area (Å²) < 4.78 is 10.9. The molecule has 2 aliphatic heterocycles. The zero-order valence-corrected chi connectivity index (χ0v) is 8.79. The van der Waals surface area contributed by atoms with Crippen LogP contribution in [0, 0.1) is 0 Å². The van der Waals surface area contributed by atoms with E-state index in [1.807, 2.05) is 0 Å². The standard InChI is InChI=1S/C11H16N2O2/c1-4-12-7-10-9(1)11(15-13-10)8-2-5-14-6-3-8/h8,12H,1-7H2. The topological polar surface area (TPSA) is 47.3 Å². The van der Waals surface area contributed by atoms with Crippen LogP contribution in [0.4, 0.5) is 0 Å². The fraction of sp³-hybridized carbons (Fsp3) is 0.727. The van der Waals surface area contributed by atoms with E-state index in [0.29, 0.717) is 5.92 Å². The van der Waals surface area contributed by atoms with Crippen LogP contribution in [0.2, 0.25) is 0 Å². The van der Waals surface area contributed by atoms with E-state index < -0.39 is 0 Å². The maximum Gasteiger partial charge on any atom is 0.143 e. The highest BCUT2D eigenvalue weighted by Crippen LogP contribution is 2.32. The number of fused-ring (bicyclic) bond motifs is 1. The summed E-state index contributed by atoms with van der Waals surface area (Å²) in [4.78, 5) is 0. The van der Waals surface area contributed by atoms with Gasteiger partial charge < -0.3 is 14.6 Å². The van der Waals surface area contributed by atoms with Crippen molar-refractivity contribution in [2.45, 2.75) is 31.7 Å². The normalized spacial score (nSPS) is 22.7. The van der Waals surface area contributed by atoms with Crippen LogP contribution >= 0.6 is 0 Å². The molecule has 0 bridgehead atoms. The van der Waals surface area contributed by atoms with E-state index in [1.165, 1.54) is 5.56 Å². The second-order valence-electron chi connectivity index (χ2n) is 4.29. The maximum absolute atomic E-state index is 5.51. The lowest BCUT2D eigenvalue weighted by molar-refractivity contribution is 0.0788. The molecule has 0 aromatic carbocycles. The first-order chi connectivity index (χ1) is 7.45. The molecule has 0 amide bonds. The molecule has 0 aliphatic carbocycles. The highest BCUT2D eigenvalue weighted by atomic mass is 16.5. The van der Waals surface area contributed by atoms with Crippen molar-refractivity contribution < 1.29 is 9.26 Å². The molecule has 15 heavy (non-hydrogen) atoms. The molecule has 3 rings (SSSR count). The Morgan fingerprint density at radius 2 is 2.13 bits per heavy atom. The molecule has 1 aromatic heterocycles. The molecular formula is C11H16N2O2. The maximum atomic E-state index is 5.51. The summed E-state index contributed by atoms with van der Waals surface area (Å²) in [6.45, 7) is 3.63. The molecule has 1 N–H and O–H groups in total. The van der Waals surface area contributed by atoms with Gasteiger partial charge in [-0.1, -0.05) is 5.16 Å². The van der Waals surface area contributed by atoms with Crippen LogP contribution in [-0.2, 0) is 17.7 Å². The van der Waals surface area contributed by atoms with Crippen LogP contribution in [0.5, 0.6) is 0 Å². The second kappa shape index (κ2) is 3.94. The van der Waals surface area contributed by atoms with Crippen LogP contribution in [-0.4, -0.2) is 24.9 Å². The Morgan fingerprint density at radius 3 is 3.00 bits per heavy atom. The van der Waals surface area contributed by atoms with Crippen LogP contribution in [0.1, 0.15) is 35.8 Å². The molecule has 0 radical (unpaired) electrons. The number of ether oxygens (including phenoxy) is 1. The van der Waals surface area contributed by atoms with Gasteiger partial charge in [0.15, 0.2) is 0 Å². The molecule has 0 spiro atoms. The summed E-state index contributed by atoms with van der Waals surface area (Å²) in [6.07, 6.45) is 3.22. The van der Waals surface area contributed by atoms with E-state index in [1.54, 1.807) is 0 Å². The van der Waals surface area contributed by atoms with E-state index in [-0.39, 0.29) is 0 Å². The first-order valence-electron chi connectivity index (χ1n) is 5.71. The van der Waals surface area contributed by atoms with Crippen molar-refractivity contribution in [2.75, 3.05) is 19.8 Å². The smallest absolute Gasteiger partial charge is 0.143 e. The zero-order valence-electron chi connectivity index (χ0n) is 8.79. The summed E-state index contributed by atoms with van der Waals surface area (Å²) in [7, 11) is 0. The SMILES string of the molecule is C1Cc2c(noc2C2CCOCC2)CN1. The van der Waals surface area contributed by atoms with Gasteiger partial charge in [0.2, 0.25) is 0 Å². The third-order valence-electron chi connectivity index (χ3n) is 3.34. The van der Waals surface area contributed by atoms with E-state index in [4.69, 9.17) is 9.26 Å². The minimum Gasteiger partial charge on any atom is -0.381 e. The number of nitrogens with one attached hydrogen (secondary N) is 1. The van der Waals surface area contributed by atoms with Crippen molar-refractivity contribution >= 4 is 0 Å². The fourth-order valence-electron chi connectivity index (χ4n) is 2.46. The fourth-order valence-corrected chi connectivity index (χ4v) is 2.46. The highest BCUT2D eigenvalue weighted by molar-refractivity contribution is 5.28. The number of hydrogen-bond donors (Lipinski definition) is 1. The largest absolute Gasteiger partial charge is 0.381 e. The van der Waals surface area contributed by atoms with Gasteiger partial charge in [0.1, 0.15) is 11.5 Å². The van der Waals surface area contributed by atoms with Crippen molar-refractivity contribution in [1.82, 2.24) is 10.5 Å². The van der Waals surface area contributed by atoms with Crippen LogP contribution in [0.3, 0.4) is 0 Å². The Morgan fingerprint density at radius 1 is 1.27 bits per heavy atom. The van der Waals surface area contributed by atoms with Gasteiger partial charge in [-0.2, -0.15) is 0 Å². The van der Waals surface area contributed by atoms with Gasteiger partial charge in [-0.05, 0) is 25.8 Å². The number of nitrogens with zero attached hydrogens (tertiary/aromatic N) is 1. The van der Waals surface area contributed by atoms with Crippen molar-refractivity contribution in [3.8, 4) is 0 Å². The average molecular weight is 208 g/mol. The van der Waals surface area contributed by atoms with E-state index >= 15 is 0 Å². The lowest BCUT2D eigenvalue weighted by atomic mass is 9.92. The van der Waals surface area contributed by atoms with E-state index in [0.717, 1.165) is 57.0 Å². The van der Waals surface area contributed by atoms with Gasteiger partial charge in [0.25, 0.3) is 0 Å². The monoisotopic (exact) mass is 208 g/mol. The third kappa shape index (κ3) is 1.68. The van der Waals surface area contributed by atoms with Crippen molar-refractivity contribution in [3.05, 3.63) is 17.0 Å². The van der Waals surface area contributed by atoms with Crippen LogP contribution in [0.25, 0.3) is 0 Å². The third-order valence-corrected chi connectivity index (χ3v) is 3.34. The number of rotatable bonds is 1. The molecule has 0 saturated carbocycles. The average Bonchev–Trinajstić information content (AvgIpc) is 2.74. The molecule has 0 atom stereocenters. The lowest BCUT2D eigenvalue weighted by Gasteiger charge is -2.21. The van der Waals surface area contributed by atoms with E-state index in [2.05, 4.69) is 10.5 Å². The van der Waals surface area contributed by atoms with E-state index in [9.17, 15) is 0 Å². The van der Waals surface area contributed by atoms with Gasteiger partial charge in [-0.25, -0.2) is 0 Å². The molecule has 4 heteroatoms. The summed E-state index contributed by atoms with van der Waals surface area (Å²) >= 11 is 0. The molecule has 0 unspecified atom stereocenters. The number of aromatic nitrogens is 1. The van der Waals surface area contributed by atoms with Gasteiger partial charge in [0.05, 0.1) is 0 Å². The van der Waals surface area contributed by atoms with Crippen molar-refractivity contribution in [3.63, 3.8) is 0 Å². The van der Waals surface area contributed by atoms with Crippen LogP contribution in [0.15, 0.2) is 4.52 Å². The summed E-state index contributed by atoms with van der Waals surface area (Å²) in [5.74, 6) is 1.67. The van der Waals surface area contributed by atoms with Crippen LogP contribution < -0.4 is 5.32 Å². The molecular weight excluding hydrogens is 192 g/mol. The quantitative estimate of drug-likeness (QED) is 0.753. The Balaban J connectivity index is 1.87. The number of hydrogen-bond acceptors (Lipinski definition) is 4. The zero-order chi connectivity index (χ0) is 10.1. The van der Waals surface area contributed by atoms with Gasteiger partial charge in [-0.15, -0.1) is 0 Å². The molecule has 1 aromatic rings. The van der Waals surface area contributed by atoms with Gasteiger partial charge in [-0.3, -0.25) is 0 Å². The van der Waals surface area contributed by atoms with Crippen molar-refractivity contribution in [2.24, 2.45) is 0 Å². The molecule has 1 saturated heterocycles. The summed E-state index contributed by atoms with van der Waals surface area (Å²) in [6, 6.07) is 0. The first kappa shape index (κ1) is 9.36. The Bertz CT molecular complexity index is 342. The second-order valence-corrected chi connectivity index (χ2v) is 4.29. The minimum atomic E-state index is 0.535. The Labute approximate surface area is 89.0 Å². The predicted molar refractivity (Wildman–Crippen MR) is 54.7 cm³/mol. The van der Waals surface area contributed by atoms with Gasteiger partial charge in [0, 0.05) is 31.2 Å². The minimum absolute atomic E-state index is 0.535. The predicted octanol–water partition coefficient (Wildman–Crippen LogP) is 1.21. The summed E-state index contributed by atoms with van der Waals surface area (Å²) in [5, 5.41) is 7.46. The van der Waals surface area contributed by atoms with Crippen molar-refractivity contribution in [1.29, 1.82) is 0 Å². The molecule has 3 heterocycles. The molecule has 82 valence electrons. The Kier molecular flexibility index (Phi) is 2.46. The van der Waals surface area contributed by atoms with Gasteiger partial charge >= 0.3 is 0 Å². The Hall–Kier alpha value is -0.870.